The molecule has 0 heterocycles. The topological polar surface area (TPSA) is 76.0 Å². The van der Waals surface area contributed by atoms with Crippen molar-refractivity contribution < 1.29 is 24.5 Å². The van der Waals surface area contributed by atoms with E-state index in [2.05, 4.69) is 22.6 Å². The van der Waals surface area contributed by atoms with Crippen molar-refractivity contribution in [3.05, 3.63) is 60.4 Å². The smallest absolute Gasteiger partial charge is 0.366 e. The quantitative estimate of drug-likeness (QED) is 0.210. The van der Waals surface area contributed by atoms with E-state index < -0.39 is 11.8 Å². The Bertz CT molecular complexity index is 686. The predicted octanol–water partition coefficient (Wildman–Crippen LogP) is 3.77. The van der Waals surface area contributed by atoms with Crippen molar-refractivity contribution in [2.45, 2.75) is 44.3 Å². The van der Waals surface area contributed by atoms with Gasteiger partial charge < -0.3 is 19.7 Å². The third-order valence-electron chi connectivity index (χ3n) is 4.95. The number of methoxy groups -OCH3 is 1. The van der Waals surface area contributed by atoms with Gasteiger partial charge in [-0.05, 0) is 61.8 Å². The Labute approximate surface area is 167 Å². The van der Waals surface area contributed by atoms with Gasteiger partial charge in [-0.3, -0.25) is 0 Å². The van der Waals surface area contributed by atoms with Gasteiger partial charge in [-0.25, -0.2) is 4.79 Å². The first kappa shape index (κ1) is 22.0. The van der Waals surface area contributed by atoms with Gasteiger partial charge in [0.05, 0.1) is 13.7 Å². The first-order valence-corrected chi connectivity index (χ1v) is 9.80. The van der Waals surface area contributed by atoms with Crippen LogP contribution in [0.2, 0.25) is 0 Å². The van der Waals surface area contributed by atoms with Crippen LogP contribution in [0.15, 0.2) is 60.4 Å². The molecule has 152 valence electrons. The van der Waals surface area contributed by atoms with Gasteiger partial charge in [-0.2, -0.15) is 0 Å². The minimum atomic E-state index is -2.49. The molecule has 1 saturated carbocycles. The second-order valence-corrected chi connectivity index (χ2v) is 7.06. The Kier molecular flexibility index (Phi) is 9.02. The fraction of sp³-hybridized carbons (Fsp3) is 0.478. The Morgan fingerprint density at radius 3 is 2.79 bits per heavy atom. The van der Waals surface area contributed by atoms with Gasteiger partial charge in [0.2, 0.25) is 0 Å². The van der Waals surface area contributed by atoms with E-state index >= 15 is 0 Å². The van der Waals surface area contributed by atoms with E-state index in [-0.39, 0.29) is 6.42 Å². The maximum absolute atomic E-state index is 11.2. The van der Waals surface area contributed by atoms with Crippen LogP contribution in [0.3, 0.4) is 0 Å². The van der Waals surface area contributed by atoms with Gasteiger partial charge in [-0.15, -0.1) is 5.73 Å². The first-order chi connectivity index (χ1) is 13.5. The van der Waals surface area contributed by atoms with Gasteiger partial charge >= 0.3 is 5.97 Å². The third kappa shape index (κ3) is 7.35. The van der Waals surface area contributed by atoms with Crippen molar-refractivity contribution in [1.29, 1.82) is 0 Å². The lowest BCUT2D eigenvalue weighted by Crippen LogP contribution is -2.38. The van der Waals surface area contributed by atoms with E-state index in [9.17, 15) is 15.0 Å². The average molecular weight is 386 g/mol. The molecule has 2 atom stereocenters. The summed E-state index contributed by atoms with van der Waals surface area (Å²) in [5.74, 6) is -1.53. The third-order valence-corrected chi connectivity index (χ3v) is 4.95. The number of carbonyl (C=O) groups is 1. The summed E-state index contributed by atoms with van der Waals surface area (Å²) < 4.78 is 10.0. The normalized spacial score (nSPS) is 19.2. The summed E-state index contributed by atoms with van der Waals surface area (Å²) in [7, 11) is 1.12. The van der Waals surface area contributed by atoms with Crippen molar-refractivity contribution in [3.8, 4) is 5.75 Å². The molecular weight excluding hydrogens is 356 g/mol. The van der Waals surface area contributed by atoms with E-state index in [4.69, 9.17) is 4.74 Å². The van der Waals surface area contributed by atoms with Crippen molar-refractivity contribution in [1.82, 2.24) is 0 Å². The molecule has 0 saturated heterocycles. The Balaban J connectivity index is 1.71. The zero-order valence-corrected chi connectivity index (χ0v) is 16.4. The maximum Gasteiger partial charge on any atom is 0.366 e. The molecule has 1 aromatic carbocycles. The van der Waals surface area contributed by atoms with Crippen LogP contribution < -0.4 is 4.74 Å². The Morgan fingerprint density at radius 1 is 1.25 bits per heavy atom. The summed E-state index contributed by atoms with van der Waals surface area (Å²) in [6, 6.07) is 9.82. The molecule has 0 amide bonds. The molecule has 5 heteroatoms. The van der Waals surface area contributed by atoms with E-state index in [1.165, 1.54) is 25.3 Å². The Hall–Kier alpha value is -2.33. The van der Waals surface area contributed by atoms with Crippen LogP contribution >= 0.6 is 0 Å². The molecule has 1 aliphatic rings. The number of esters is 1. The maximum atomic E-state index is 11.2. The number of hydrogen-bond donors (Lipinski definition) is 2. The largest absolute Gasteiger partial charge is 0.493 e. The highest BCUT2D eigenvalue weighted by Gasteiger charge is 2.32. The number of rotatable bonds is 10. The number of allylic oxidation sites excluding steroid dienone is 1. The molecule has 0 bridgehead atoms. The van der Waals surface area contributed by atoms with E-state index in [1.54, 1.807) is 0 Å². The van der Waals surface area contributed by atoms with E-state index in [0.717, 1.165) is 25.7 Å². The molecular formula is C23H30O5. The number of aliphatic hydroxyl groups is 2. The van der Waals surface area contributed by atoms with Gasteiger partial charge in [0.1, 0.15) is 5.75 Å². The molecule has 0 aromatic heterocycles. The van der Waals surface area contributed by atoms with Gasteiger partial charge in [0, 0.05) is 6.42 Å². The van der Waals surface area contributed by atoms with Gasteiger partial charge in [-0.1, -0.05) is 36.8 Å². The first-order valence-electron chi connectivity index (χ1n) is 9.80. The summed E-state index contributed by atoms with van der Waals surface area (Å²) in [5.41, 5.74) is 2.94. The molecule has 0 unspecified atom stereocenters. The lowest BCUT2D eigenvalue weighted by Gasteiger charge is -2.15. The minimum Gasteiger partial charge on any atom is -0.493 e. The van der Waals surface area contributed by atoms with Crippen molar-refractivity contribution in [2.75, 3.05) is 13.7 Å². The van der Waals surface area contributed by atoms with Gasteiger partial charge in [0.15, 0.2) is 0 Å². The highest BCUT2D eigenvalue weighted by molar-refractivity contribution is 5.77. The summed E-state index contributed by atoms with van der Waals surface area (Å²) in [6.07, 6.45) is 13.0. The van der Waals surface area contributed by atoms with Crippen LogP contribution in [0, 0.1) is 11.8 Å². The standard InChI is InChI=1S/C23H30O5/c1-27-22(24)23(25,26)17-8-3-4-11-19-13-10-14-20(19)12-7-9-18-28-21-15-5-2-6-16-21/h2,4-8,12,15-16,19-20,25-26H,9-11,13-14,17-18H2,1H3/b12-7+/t3?,19-,20-/m0/s1. The van der Waals surface area contributed by atoms with E-state index in [1.807, 2.05) is 36.4 Å². The molecule has 0 spiro atoms. The lowest BCUT2D eigenvalue weighted by molar-refractivity contribution is -0.205. The Morgan fingerprint density at radius 2 is 2.04 bits per heavy atom. The molecule has 28 heavy (non-hydrogen) atoms. The highest BCUT2D eigenvalue weighted by atomic mass is 16.6. The zero-order valence-electron chi connectivity index (χ0n) is 16.4. The van der Waals surface area contributed by atoms with Crippen LogP contribution in [-0.2, 0) is 9.53 Å². The van der Waals surface area contributed by atoms with Crippen LogP contribution in [0.25, 0.3) is 0 Å². The molecule has 1 aliphatic carbocycles. The number of carbonyl (C=O) groups excluding carboxylic acids is 1. The average Bonchev–Trinajstić information content (AvgIpc) is 3.14. The van der Waals surface area contributed by atoms with Crippen LogP contribution in [0.4, 0.5) is 0 Å². The summed E-state index contributed by atoms with van der Waals surface area (Å²) >= 11 is 0. The summed E-state index contributed by atoms with van der Waals surface area (Å²) in [5, 5.41) is 19.1. The SMILES string of the molecule is COC(=O)C(O)(O)CC=C=CC[C@H]1CCC[C@@H]1/C=C/CCOc1ccccc1. The zero-order chi connectivity index (χ0) is 20.2. The van der Waals surface area contributed by atoms with E-state index in [0.29, 0.717) is 18.4 Å². The lowest BCUT2D eigenvalue weighted by atomic mass is 9.92. The van der Waals surface area contributed by atoms with Crippen LogP contribution in [0.1, 0.15) is 38.5 Å². The summed E-state index contributed by atoms with van der Waals surface area (Å²) in [6.45, 7) is 0.671. The van der Waals surface area contributed by atoms with Crippen molar-refractivity contribution in [2.24, 2.45) is 11.8 Å². The molecule has 1 fully saturated rings. The minimum absolute atomic E-state index is 0.244. The molecule has 5 nitrogen and oxygen atoms in total. The molecule has 1 aromatic rings. The molecule has 0 aliphatic heterocycles. The second-order valence-electron chi connectivity index (χ2n) is 7.06. The monoisotopic (exact) mass is 386 g/mol. The fourth-order valence-electron chi connectivity index (χ4n) is 3.39. The second kappa shape index (κ2) is 11.5. The summed E-state index contributed by atoms with van der Waals surface area (Å²) in [4.78, 5) is 11.2. The molecule has 0 radical (unpaired) electrons. The number of para-hydroxylation sites is 1. The number of hydrogen-bond acceptors (Lipinski definition) is 5. The van der Waals surface area contributed by atoms with Crippen LogP contribution in [0.5, 0.6) is 5.75 Å². The van der Waals surface area contributed by atoms with Crippen molar-refractivity contribution in [3.63, 3.8) is 0 Å². The van der Waals surface area contributed by atoms with Crippen molar-refractivity contribution >= 4 is 5.97 Å². The van der Waals surface area contributed by atoms with Gasteiger partial charge in [0.25, 0.3) is 5.79 Å². The molecule has 2 N–H and O–H groups in total. The highest BCUT2D eigenvalue weighted by Crippen LogP contribution is 2.35. The van der Waals surface area contributed by atoms with Crippen LogP contribution in [-0.4, -0.2) is 35.7 Å². The predicted molar refractivity (Wildman–Crippen MR) is 108 cm³/mol. The fourth-order valence-corrected chi connectivity index (χ4v) is 3.39. The molecule has 2 rings (SSSR count). The number of benzene rings is 1. The number of ether oxygens (including phenoxy) is 2.